The van der Waals surface area contributed by atoms with Crippen molar-refractivity contribution in [3.8, 4) is 0 Å². The third-order valence-electron chi connectivity index (χ3n) is 2.42. The first-order chi connectivity index (χ1) is 7.54. The summed E-state index contributed by atoms with van der Waals surface area (Å²) >= 11 is 9.37. The maximum absolute atomic E-state index is 10.5. The van der Waals surface area contributed by atoms with Crippen molar-refractivity contribution in [2.45, 2.75) is 31.6 Å². The number of hydrogen-bond acceptors (Lipinski definition) is 2. The van der Waals surface area contributed by atoms with Gasteiger partial charge in [-0.2, -0.15) is 0 Å². The van der Waals surface area contributed by atoms with Gasteiger partial charge in [0.05, 0.1) is 4.92 Å². The minimum Gasteiger partial charge on any atom is -0.258 e. The van der Waals surface area contributed by atoms with Crippen molar-refractivity contribution >= 4 is 33.2 Å². The van der Waals surface area contributed by atoms with Crippen LogP contribution >= 0.6 is 27.5 Å². The molecule has 5 heteroatoms. The molecule has 3 nitrogen and oxygen atoms in total. The lowest BCUT2D eigenvalue weighted by molar-refractivity contribution is -0.384. The summed E-state index contributed by atoms with van der Waals surface area (Å²) in [7, 11) is 0. The van der Waals surface area contributed by atoms with Gasteiger partial charge >= 0.3 is 0 Å². The standard InChI is InChI=1S/C11H13BrClNO2/c1-2-9(13)5-3-8-4-6-10(14(15)16)7-11(8)12/h4,6-7,9H,2-3,5H2,1H3. The highest BCUT2D eigenvalue weighted by Gasteiger charge is 2.10. The summed E-state index contributed by atoms with van der Waals surface area (Å²) in [6.07, 6.45) is 2.65. The van der Waals surface area contributed by atoms with E-state index < -0.39 is 4.92 Å². The Morgan fingerprint density at radius 1 is 1.56 bits per heavy atom. The molecule has 0 aliphatic heterocycles. The van der Waals surface area contributed by atoms with Gasteiger partial charge in [0.25, 0.3) is 5.69 Å². The van der Waals surface area contributed by atoms with Crippen molar-refractivity contribution in [2.24, 2.45) is 0 Å². The van der Waals surface area contributed by atoms with Crippen LogP contribution in [0, 0.1) is 10.1 Å². The summed E-state index contributed by atoms with van der Waals surface area (Å²) in [6, 6.07) is 4.83. The van der Waals surface area contributed by atoms with E-state index in [0.717, 1.165) is 29.3 Å². The number of nitrogens with zero attached hydrogens (tertiary/aromatic N) is 1. The second-order valence-corrected chi connectivity index (χ2v) is 5.05. The van der Waals surface area contributed by atoms with Crippen molar-refractivity contribution in [1.82, 2.24) is 0 Å². The molecule has 88 valence electrons. The molecule has 0 aliphatic rings. The van der Waals surface area contributed by atoms with Gasteiger partial charge in [0.2, 0.25) is 0 Å². The Balaban J connectivity index is 2.72. The van der Waals surface area contributed by atoms with Crippen molar-refractivity contribution < 1.29 is 4.92 Å². The van der Waals surface area contributed by atoms with E-state index in [1.54, 1.807) is 6.07 Å². The third kappa shape index (κ3) is 3.76. The van der Waals surface area contributed by atoms with Crippen LogP contribution in [0.5, 0.6) is 0 Å². The molecule has 1 atom stereocenters. The van der Waals surface area contributed by atoms with Gasteiger partial charge in [0.15, 0.2) is 0 Å². The van der Waals surface area contributed by atoms with E-state index in [1.807, 2.05) is 6.92 Å². The SMILES string of the molecule is CCC(Cl)CCc1ccc([N+](=O)[O-])cc1Br. The van der Waals surface area contributed by atoms with Crippen molar-refractivity contribution in [2.75, 3.05) is 0 Å². The molecule has 0 spiro atoms. The normalized spacial score (nSPS) is 12.4. The van der Waals surface area contributed by atoms with Gasteiger partial charge < -0.3 is 0 Å². The minimum atomic E-state index is -0.398. The fourth-order valence-electron chi connectivity index (χ4n) is 1.37. The van der Waals surface area contributed by atoms with E-state index in [-0.39, 0.29) is 11.1 Å². The van der Waals surface area contributed by atoms with Crippen LogP contribution in [0.3, 0.4) is 0 Å². The summed E-state index contributed by atoms with van der Waals surface area (Å²) in [5.74, 6) is 0. The second kappa shape index (κ2) is 6.21. The zero-order valence-corrected chi connectivity index (χ0v) is 11.3. The monoisotopic (exact) mass is 305 g/mol. The van der Waals surface area contributed by atoms with Crippen molar-refractivity contribution in [3.63, 3.8) is 0 Å². The number of aryl methyl sites for hydroxylation is 1. The Labute approximate surface area is 108 Å². The third-order valence-corrected chi connectivity index (χ3v) is 3.68. The lowest BCUT2D eigenvalue weighted by Gasteiger charge is -2.07. The Morgan fingerprint density at radius 3 is 2.75 bits per heavy atom. The maximum Gasteiger partial charge on any atom is 0.270 e. The van der Waals surface area contributed by atoms with E-state index in [2.05, 4.69) is 15.9 Å². The minimum absolute atomic E-state index is 0.105. The summed E-state index contributed by atoms with van der Waals surface area (Å²) in [5.41, 5.74) is 1.17. The Bertz CT molecular complexity index is 384. The Hall–Kier alpha value is -0.610. The molecule has 0 heterocycles. The molecule has 0 saturated heterocycles. The molecule has 0 fully saturated rings. The molecule has 0 aromatic heterocycles. The number of benzene rings is 1. The first-order valence-corrected chi connectivity index (χ1v) is 6.34. The Kier molecular flexibility index (Phi) is 5.22. The van der Waals surface area contributed by atoms with Gasteiger partial charge in [-0.3, -0.25) is 10.1 Å². The second-order valence-electron chi connectivity index (χ2n) is 3.58. The average Bonchev–Trinajstić information content (AvgIpc) is 2.26. The largest absolute Gasteiger partial charge is 0.270 e. The van der Waals surface area contributed by atoms with Crippen LogP contribution in [0.15, 0.2) is 22.7 Å². The Morgan fingerprint density at radius 2 is 2.25 bits per heavy atom. The number of halogens is 2. The zero-order valence-electron chi connectivity index (χ0n) is 8.95. The molecule has 0 amide bonds. The number of nitro benzene ring substituents is 1. The van der Waals surface area contributed by atoms with Crippen LogP contribution in [0.25, 0.3) is 0 Å². The van der Waals surface area contributed by atoms with E-state index in [4.69, 9.17) is 11.6 Å². The maximum atomic E-state index is 10.5. The van der Waals surface area contributed by atoms with E-state index in [1.165, 1.54) is 12.1 Å². The first kappa shape index (κ1) is 13.5. The van der Waals surface area contributed by atoms with Gasteiger partial charge in [-0.05, 0) is 24.8 Å². The smallest absolute Gasteiger partial charge is 0.258 e. The number of nitro groups is 1. The molecule has 1 unspecified atom stereocenters. The molecule has 16 heavy (non-hydrogen) atoms. The van der Waals surface area contributed by atoms with Crippen LogP contribution in [0.1, 0.15) is 25.3 Å². The fourth-order valence-corrected chi connectivity index (χ4v) is 2.04. The molecule has 0 aliphatic carbocycles. The summed E-state index contributed by atoms with van der Waals surface area (Å²) in [4.78, 5) is 10.1. The predicted octanol–water partition coefficient (Wildman–Crippen LogP) is 4.31. The van der Waals surface area contributed by atoms with E-state index in [0.29, 0.717) is 0 Å². The topological polar surface area (TPSA) is 43.1 Å². The van der Waals surface area contributed by atoms with Gasteiger partial charge in [-0.1, -0.05) is 28.9 Å². The molecule has 0 radical (unpaired) electrons. The number of hydrogen-bond donors (Lipinski definition) is 0. The first-order valence-electron chi connectivity index (χ1n) is 5.11. The average molecular weight is 307 g/mol. The molecule has 0 N–H and O–H groups in total. The van der Waals surface area contributed by atoms with Crippen LogP contribution in [-0.2, 0) is 6.42 Å². The quantitative estimate of drug-likeness (QED) is 0.462. The lowest BCUT2D eigenvalue weighted by Crippen LogP contribution is -1.99. The predicted molar refractivity (Wildman–Crippen MR) is 69.0 cm³/mol. The zero-order chi connectivity index (χ0) is 12.1. The summed E-state index contributed by atoms with van der Waals surface area (Å²) in [6.45, 7) is 2.04. The number of non-ortho nitro benzene ring substituents is 1. The summed E-state index contributed by atoms with van der Waals surface area (Å²) in [5, 5.41) is 10.7. The molecule has 1 rings (SSSR count). The summed E-state index contributed by atoms with van der Waals surface area (Å²) < 4.78 is 0.779. The molecule has 0 saturated carbocycles. The van der Waals surface area contributed by atoms with Gasteiger partial charge in [-0.25, -0.2) is 0 Å². The number of rotatable bonds is 5. The molecule has 1 aromatic carbocycles. The van der Waals surface area contributed by atoms with Crippen LogP contribution < -0.4 is 0 Å². The molecule has 0 bridgehead atoms. The number of alkyl halides is 1. The highest BCUT2D eigenvalue weighted by molar-refractivity contribution is 9.10. The van der Waals surface area contributed by atoms with Gasteiger partial charge in [0.1, 0.15) is 0 Å². The van der Waals surface area contributed by atoms with Crippen LogP contribution in [-0.4, -0.2) is 10.3 Å². The van der Waals surface area contributed by atoms with Gasteiger partial charge in [0, 0.05) is 22.0 Å². The van der Waals surface area contributed by atoms with E-state index >= 15 is 0 Å². The van der Waals surface area contributed by atoms with Crippen LogP contribution in [0.4, 0.5) is 5.69 Å². The van der Waals surface area contributed by atoms with E-state index in [9.17, 15) is 10.1 Å². The van der Waals surface area contributed by atoms with Gasteiger partial charge in [-0.15, -0.1) is 11.6 Å². The molecular formula is C11H13BrClNO2. The molecule has 1 aromatic rings. The van der Waals surface area contributed by atoms with Crippen molar-refractivity contribution in [3.05, 3.63) is 38.3 Å². The molecular weight excluding hydrogens is 293 g/mol. The lowest BCUT2D eigenvalue weighted by atomic mass is 10.1. The van der Waals surface area contributed by atoms with Crippen LogP contribution in [0.2, 0.25) is 0 Å². The van der Waals surface area contributed by atoms with Crippen molar-refractivity contribution in [1.29, 1.82) is 0 Å². The fraction of sp³-hybridized carbons (Fsp3) is 0.455. The highest BCUT2D eigenvalue weighted by atomic mass is 79.9. The highest BCUT2D eigenvalue weighted by Crippen LogP contribution is 2.25.